The van der Waals surface area contributed by atoms with Gasteiger partial charge in [-0.1, -0.05) is 77.9 Å². The van der Waals surface area contributed by atoms with Gasteiger partial charge in [0.2, 0.25) is 0 Å². The topological polar surface area (TPSA) is 124 Å². The molecule has 32 heavy (non-hydrogen) atoms. The molecule has 1 aliphatic rings. The van der Waals surface area contributed by atoms with Gasteiger partial charge in [0.05, 0.1) is 0 Å². The second-order valence-electron chi connectivity index (χ2n) is 7.42. The van der Waals surface area contributed by atoms with Crippen LogP contribution in [0, 0.1) is 0 Å². The number of carbonyl (C=O) groups is 2. The van der Waals surface area contributed by atoms with E-state index in [1.54, 1.807) is 24.3 Å². The van der Waals surface area contributed by atoms with Crippen LogP contribution in [0.25, 0.3) is 21.6 Å². The van der Waals surface area contributed by atoms with Gasteiger partial charge in [-0.2, -0.15) is 0 Å². The highest BCUT2D eigenvalue weighted by atomic mass is 16.5. The maximum Gasteiger partial charge on any atom is 0.407 e. The molecule has 0 saturated heterocycles. The van der Waals surface area contributed by atoms with Crippen molar-refractivity contribution < 1.29 is 19.4 Å². The number of amides is 1. The third kappa shape index (κ3) is 4.40. The SMILES string of the molecule is [N-]=[N+]=Nc1ccc(C[C@H](NC(=O)OCC2c3ccccc3-c3ccccc32)C(=O)O)cc1. The Bertz CT molecular complexity index is 1160. The molecule has 3 aromatic rings. The van der Waals surface area contributed by atoms with Crippen LogP contribution in [0.15, 0.2) is 77.9 Å². The first-order valence-electron chi connectivity index (χ1n) is 10.0. The minimum Gasteiger partial charge on any atom is -0.480 e. The molecule has 8 nitrogen and oxygen atoms in total. The number of aliphatic carboxylic acids is 1. The molecule has 8 heteroatoms. The predicted octanol–water partition coefficient (Wildman–Crippen LogP) is 5.16. The van der Waals surface area contributed by atoms with E-state index < -0.39 is 18.1 Å². The smallest absolute Gasteiger partial charge is 0.407 e. The summed E-state index contributed by atoms with van der Waals surface area (Å²) in [5.74, 6) is -1.28. The van der Waals surface area contributed by atoms with E-state index in [4.69, 9.17) is 10.3 Å². The van der Waals surface area contributed by atoms with Crippen LogP contribution >= 0.6 is 0 Å². The molecule has 1 atom stereocenters. The van der Waals surface area contributed by atoms with Gasteiger partial charge in [0.25, 0.3) is 0 Å². The monoisotopic (exact) mass is 428 g/mol. The van der Waals surface area contributed by atoms with E-state index in [-0.39, 0.29) is 18.9 Å². The van der Waals surface area contributed by atoms with Gasteiger partial charge in [-0.25, -0.2) is 9.59 Å². The van der Waals surface area contributed by atoms with E-state index >= 15 is 0 Å². The zero-order valence-electron chi connectivity index (χ0n) is 17.0. The highest BCUT2D eigenvalue weighted by Gasteiger charge is 2.29. The Labute approximate surface area is 184 Å². The number of carbonyl (C=O) groups excluding carboxylic acids is 1. The highest BCUT2D eigenvalue weighted by molar-refractivity contribution is 5.81. The maximum atomic E-state index is 12.4. The number of nitrogens with one attached hydrogen (secondary N) is 1. The molecule has 1 aliphatic carbocycles. The lowest BCUT2D eigenvalue weighted by Crippen LogP contribution is -2.42. The molecule has 3 aromatic carbocycles. The van der Waals surface area contributed by atoms with Crippen LogP contribution in [-0.2, 0) is 16.0 Å². The summed E-state index contributed by atoms with van der Waals surface area (Å²) < 4.78 is 5.44. The Morgan fingerprint density at radius 2 is 1.59 bits per heavy atom. The van der Waals surface area contributed by atoms with Crippen molar-refractivity contribution in [2.24, 2.45) is 5.11 Å². The molecule has 0 fully saturated rings. The number of alkyl carbamates (subject to hydrolysis) is 1. The number of carboxylic acids is 1. The first-order chi connectivity index (χ1) is 15.6. The van der Waals surface area contributed by atoms with Crippen molar-refractivity contribution in [3.05, 3.63) is 99.9 Å². The summed E-state index contributed by atoms with van der Waals surface area (Å²) in [5, 5.41) is 15.4. The van der Waals surface area contributed by atoms with E-state index in [2.05, 4.69) is 15.3 Å². The zero-order valence-corrected chi connectivity index (χ0v) is 17.0. The fourth-order valence-electron chi connectivity index (χ4n) is 3.97. The highest BCUT2D eigenvalue weighted by Crippen LogP contribution is 2.44. The minimum absolute atomic E-state index is 0.0656. The zero-order chi connectivity index (χ0) is 22.5. The third-order valence-electron chi connectivity index (χ3n) is 5.47. The molecule has 0 spiro atoms. The molecule has 0 unspecified atom stereocenters. The molecule has 0 bridgehead atoms. The van der Waals surface area contributed by atoms with E-state index in [0.717, 1.165) is 22.3 Å². The number of carboxylic acid groups (broad SMARTS) is 1. The number of benzene rings is 3. The number of fused-ring (bicyclic) bond motifs is 3. The first-order valence-corrected chi connectivity index (χ1v) is 10.0. The van der Waals surface area contributed by atoms with E-state index in [9.17, 15) is 14.7 Å². The molecule has 1 amide bonds. The standard InChI is InChI=1S/C24H20N4O4/c25-28-27-16-11-9-15(10-12-16)13-22(23(29)30)26-24(31)32-14-21-19-7-3-1-5-17(19)18-6-2-4-8-20(18)21/h1-12,21-22H,13-14H2,(H,26,31)(H,29,30)/t22-/m0/s1. The van der Waals surface area contributed by atoms with Gasteiger partial charge >= 0.3 is 12.1 Å². The lowest BCUT2D eigenvalue weighted by Gasteiger charge is -2.17. The molecule has 4 rings (SSSR count). The number of rotatable bonds is 7. The van der Waals surface area contributed by atoms with E-state index in [1.807, 2.05) is 48.5 Å². The second-order valence-corrected chi connectivity index (χ2v) is 7.42. The summed E-state index contributed by atoms with van der Waals surface area (Å²) in [6, 6.07) is 21.3. The van der Waals surface area contributed by atoms with Crippen LogP contribution in [0.3, 0.4) is 0 Å². The summed E-state index contributed by atoms with van der Waals surface area (Å²) >= 11 is 0. The number of azide groups is 1. The number of hydrogen-bond donors (Lipinski definition) is 2. The summed E-state index contributed by atoms with van der Waals surface area (Å²) in [6.45, 7) is 0.104. The molecule has 0 aromatic heterocycles. The van der Waals surface area contributed by atoms with Crippen molar-refractivity contribution in [2.45, 2.75) is 18.4 Å². The van der Waals surface area contributed by atoms with Crippen LogP contribution in [0.2, 0.25) is 0 Å². The molecule has 160 valence electrons. The van der Waals surface area contributed by atoms with Gasteiger partial charge in [0, 0.05) is 22.9 Å². The molecule has 0 radical (unpaired) electrons. The summed E-state index contributed by atoms with van der Waals surface area (Å²) in [7, 11) is 0. The quantitative estimate of drug-likeness (QED) is 0.306. The van der Waals surface area contributed by atoms with Crippen molar-refractivity contribution >= 4 is 17.7 Å². The Kier molecular flexibility index (Phi) is 6.05. The van der Waals surface area contributed by atoms with Crippen LogP contribution in [0.4, 0.5) is 10.5 Å². The lowest BCUT2D eigenvalue weighted by molar-refractivity contribution is -0.139. The largest absolute Gasteiger partial charge is 0.480 e. The fraction of sp³-hybridized carbons (Fsp3) is 0.167. The van der Waals surface area contributed by atoms with Crippen LogP contribution in [0.5, 0.6) is 0 Å². The van der Waals surface area contributed by atoms with Gasteiger partial charge in [0.15, 0.2) is 0 Å². The van der Waals surface area contributed by atoms with Crippen molar-refractivity contribution in [3.63, 3.8) is 0 Å². The fourth-order valence-corrected chi connectivity index (χ4v) is 3.97. The summed E-state index contributed by atoms with van der Waals surface area (Å²) in [4.78, 5) is 26.8. The average molecular weight is 428 g/mol. The van der Waals surface area contributed by atoms with Gasteiger partial charge in [0.1, 0.15) is 12.6 Å². The Balaban J connectivity index is 1.41. The van der Waals surface area contributed by atoms with Crippen LogP contribution in [0.1, 0.15) is 22.6 Å². The lowest BCUT2D eigenvalue weighted by atomic mass is 9.98. The Morgan fingerprint density at radius 1 is 1.00 bits per heavy atom. The van der Waals surface area contributed by atoms with Gasteiger partial charge in [-0.3, -0.25) is 0 Å². The Morgan fingerprint density at radius 3 is 2.16 bits per heavy atom. The first kappa shape index (κ1) is 21.0. The number of ether oxygens (including phenoxy) is 1. The summed E-state index contributed by atoms with van der Waals surface area (Å²) in [6.07, 6.45) is -0.722. The molecule has 0 saturated carbocycles. The van der Waals surface area contributed by atoms with E-state index in [0.29, 0.717) is 11.3 Å². The van der Waals surface area contributed by atoms with E-state index in [1.165, 1.54) is 0 Å². The Hall–Kier alpha value is -4.29. The second kappa shape index (κ2) is 9.24. The number of nitrogens with zero attached hydrogens (tertiary/aromatic N) is 3. The van der Waals surface area contributed by atoms with Crippen molar-refractivity contribution in [2.75, 3.05) is 6.61 Å². The van der Waals surface area contributed by atoms with Crippen LogP contribution < -0.4 is 5.32 Å². The maximum absolute atomic E-state index is 12.4. The molecule has 2 N–H and O–H groups in total. The third-order valence-corrected chi connectivity index (χ3v) is 5.47. The normalized spacial score (nSPS) is 12.8. The average Bonchev–Trinajstić information content (AvgIpc) is 3.12. The van der Waals surface area contributed by atoms with Gasteiger partial charge in [-0.05, 0) is 33.3 Å². The molecular weight excluding hydrogens is 408 g/mol. The van der Waals surface area contributed by atoms with Gasteiger partial charge in [-0.15, -0.1) is 0 Å². The number of hydrogen-bond acceptors (Lipinski definition) is 4. The van der Waals surface area contributed by atoms with Crippen molar-refractivity contribution in [1.29, 1.82) is 0 Å². The minimum atomic E-state index is -1.17. The predicted molar refractivity (Wildman–Crippen MR) is 119 cm³/mol. The summed E-state index contributed by atoms with van der Waals surface area (Å²) in [5.41, 5.74) is 14.0. The van der Waals surface area contributed by atoms with Crippen molar-refractivity contribution in [1.82, 2.24) is 5.32 Å². The van der Waals surface area contributed by atoms with Crippen molar-refractivity contribution in [3.8, 4) is 11.1 Å². The molecule has 0 aliphatic heterocycles. The van der Waals surface area contributed by atoms with Gasteiger partial charge < -0.3 is 15.2 Å². The molecular formula is C24H20N4O4. The molecule has 0 heterocycles. The van der Waals surface area contributed by atoms with Crippen LogP contribution in [-0.4, -0.2) is 29.8 Å².